The maximum absolute atomic E-state index is 15.3. The topological polar surface area (TPSA) is 94.7 Å². The lowest BCUT2D eigenvalue weighted by atomic mass is 10.0. The number of nitrogens with one attached hydrogen (secondary N) is 3. The summed E-state index contributed by atoms with van der Waals surface area (Å²) >= 11 is 0. The third kappa shape index (κ3) is 4.51. The summed E-state index contributed by atoms with van der Waals surface area (Å²) in [6, 6.07) is 13.1. The number of halogens is 1. The number of likely N-dealkylation sites (tertiary alicyclic amines) is 1. The fourth-order valence-electron chi connectivity index (χ4n) is 5.44. The summed E-state index contributed by atoms with van der Waals surface area (Å²) in [6.45, 7) is 3.03. The van der Waals surface area contributed by atoms with Gasteiger partial charge in [-0.05, 0) is 61.8 Å². The van der Waals surface area contributed by atoms with E-state index in [2.05, 4.69) is 40.7 Å². The van der Waals surface area contributed by atoms with Crippen LogP contribution in [0.5, 0.6) is 0 Å². The minimum absolute atomic E-state index is 0.314. The number of hydrogen-bond donors (Lipinski definition) is 3. The van der Waals surface area contributed by atoms with E-state index in [1.807, 2.05) is 48.8 Å². The normalized spacial score (nSPS) is 15.4. The van der Waals surface area contributed by atoms with Gasteiger partial charge in [-0.15, -0.1) is 0 Å². The first-order valence-electron chi connectivity index (χ1n) is 13.2. The van der Waals surface area contributed by atoms with E-state index in [0.717, 1.165) is 58.8 Å². The van der Waals surface area contributed by atoms with Gasteiger partial charge in [0.05, 0.1) is 22.6 Å². The fraction of sp³-hybridized carbons (Fsp3) is 0.200. The minimum atomic E-state index is -0.314. The zero-order valence-corrected chi connectivity index (χ0v) is 21.3. The molecular formula is C30H27FN8. The van der Waals surface area contributed by atoms with Gasteiger partial charge >= 0.3 is 0 Å². The fourth-order valence-corrected chi connectivity index (χ4v) is 5.44. The molecule has 1 saturated heterocycles. The molecule has 5 aromatic rings. The lowest BCUT2D eigenvalue weighted by Crippen LogP contribution is -2.29. The molecule has 0 atom stereocenters. The third-order valence-electron chi connectivity index (χ3n) is 7.37. The zero-order chi connectivity index (χ0) is 26.2. The van der Waals surface area contributed by atoms with Crippen molar-refractivity contribution < 1.29 is 4.39 Å². The molecule has 2 aliphatic heterocycles. The standard InChI is InChI=1S/C30H27FN8/c31-24-14-26-23(13-22(24)20-12-19(15-32-16-20)18-39-10-4-1-5-11-39)28(38-37-26)27-17-35-29-21(7-9-34-30(29)36-27)25-6-2-3-8-33-25/h2-3,6-9,12-17,35H,1,4-5,10-11,18H2,(H,34,36)(H,37,38). The van der Waals surface area contributed by atoms with Crippen LogP contribution in [0, 0.1) is 5.82 Å². The van der Waals surface area contributed by atoms with Gasteiger partial charge in [0.1, 0.15) is 11.5 Å². The first-order chi connectivity index (χ1) is 19.2. The predicted molar refractivity (Wildman–Crippen MR) is 151 cm³/mol. The second kappa shape index (κ2) is 9.92. The van der Waals surface area contributed by atoms with Gasteiger partial charge < -0.3 is 10.6 Å². The van der Waals surface area contributed by atoms with Crippen molar-refractivity contribution in [3.05, 3.63) is 90.5 Å². The molecule has 0 saturated carbocycles. The maximum atomic E-state index is 15.3. The molecule has 2 aliphatic rings. The molecule has 0 amide bonds. The van der Waals surface area contributed by atoms with E-state index in [9.17, 15) is 0 Å². The van der Waals surface area contributed by atoms with Crippen molar-refractivity contribution >= 4 is 28.1 Å². The van der Waals surface area contributed by atoms with E-state index >= 15 is 4.39 Å². The summed E-state index contributed by atoms with van der Waals surface area (Å²) in [5.41, 5.74) is 7.00. The number of piperidine rings is 1. The van der Waals surface area contributed by atoms with Crippen molar-refractivity contribution in [3.63, 3.8) is 0 Å². The molecule has 0 bridgehead atoms. The van der Waals surface area contributed by atoms with Crippen LogP contribution in [0.2, 0.25) is 0 Å². The van der Waals surface area contributed by atoms with Crippen LogP contribution in [0.4, 0.5) is 15.9 Å². The lowest BCUT2D eigenvalue weighted by molar-refractivity contribution is 0.220. The van der Waals surface area contributed by atoms with Crippen molar-refractivity contribution in [3.8, 4) is 22.4 Å². The summed E-state index contributed by atoms with van der Waals surface area (Å²) in [7, 11) is 0. The van der Waals surface area contributed by atoms with Crippen molar-refractivity contribution in [1.82, 2.24) is 30.0 Å². The quantitative estimate of drug-likeness (QED) is 0.261. The van der Waals surface area contributed by atoms with Crippen LogP contribution in [-0.4, -0.2) is 43.1 Å². The summed E-state index contributed by atoms with van der Waals surface area (Å²) in [5.74, 6) is 0.356. The first kappa shape index (κ1) is 23.5. The monoisotopic (exact) mass is 518 g/mol. The molecule has 3 N–H and O–H groups in total. The van der Waals surface area contributed by atoms with Crippen molar-refractivity contribution in [1.29, 1.82) is 0 Å². The molecule has 4 aromatic heterocycles. The number of fused-ring (bicyclic) bond motifs is 2. The van der Waals surface area contributed by atoms with E-state index in [0.29, 0.717) is 22.6 Å². The highest BCUT2D eigenvalue weighted by Crippen LogP contribution is 2.38. The third-order valence-corrected chi connectivity index (χ3v) is 7.37. The Bertz CT molecular complexity index is 1690. The molecule has 194 valence electrons. The van der Waals surface area contributed by atoms with Gasteiger partial charge in [0.15, 0.2) is 5.82 Å². The number of hydrogen-bond acceptors (Lipinski definition) is 7. The van der Waals surface area contributed by atoms with Crippen LogP contribution < -0.4 is 10.6 Å². The van der Waals surface area contributed by atoms with Crippen LogP contribution in [0.25, 0.3) is 39.0 Å². The maximum Gasteiger partial charge on any atom is 0.154 e. The number of rotatable bonds is 5. The van der Waals surface area contributed by atoms with Crippen LogP contribution in [0.3, 0.4) is 0 Å². The average Bonchev–Trinajstić information content (AvgIpc) is 3.40. The summed E-state index contributed by atoms with van der Waals surface area (Å²) in [5, 5.41) is 15.1. The Hall–Kier alpha value is -4.63. The van der Waals surface area contributed by atoms with Gasteiger partial charge in [0.25, 0.3) is 0 Å². The van der Waals surface area contributed by atoms with Crippen molar-refractivity contribution in [2.45, 2.75) is 25.8 Å². The SMILES string of the molecule is Fc1cc2[nH]nc(C3=CNc4c(-c5ccccn5)ccnc4N3)c2cc1-c1cncc(CN2CCCCC2)c1. The number of anilines is 2. The minimum Gasteiger partial charge on any atom is -0.356 e. The van der Waals surface area contributed by atoms with E-state index in [4.69, 9.17) is 0 Å². The van der Waals surface area contributed by atoms with Crippen LogP contribution in [0.1, 0.15) is 30.5 Å². The largest absolute Gasteiger partial charge is 0.356 e. The number of H-pyrrole nitrogens is 1. The van der Waals surface area contributed by atoms with Gasteiger partial charge in [0, 0.05) is 65.7 Å². The van der Waals surface area contributed by atoms with E-state index < -0.39 is 0 Å². The van der Waals surface area contributed by atoms with Gasteiger partial charge in [-0.2, -0.15) is 5.10 Å². The highest BCUT2D eigenvalue weighted by molar-refractivity contribution is 5.99. The Morgan fingerprint density at radius 1 is 0.923 bits per heavy atom. The van der Waals surface area contributed by atoms with Crippen molar-refractivity contribution in [2.75, 3.05) is 23.7 Å². The summed E-state index contributed by atoms with van der Waals surface area (Å²) in [4.78, 5) is 15.9. The van der Waals surface area contributed by atoms with E-state index in [1.165, 1.54) is 25.3 Å². The molecule has 0 radical (unpaired) electrons. The predicted octanol–water partition coefficient (Wildman–Crippen LogP) is 6.04. The Labute approximate surface area is 225 Å². The van der Waals surface area contributed by atoms with Gasteiger partial charge in [-0.25, -0.2) is 9.37 Å². The Kier molecular flexibility index (Phi) is 5.97. The highest BCUT2D eigenvalue weighted by atomic mass is 19.1. The van der Waals surface area contributed by atoms with Crippen LogP contribution in [-0.2, 0) is 6.54 Å². The molecule has 39 heavy (non-hydrogen) atoms. The molecule has 1 fully saturated rings. The number of aromatic amines is 1. The molecular weight excluding hydrogens is 491 g/mol. The Morgan fingerprint density at radius 3 is 2.72 bits per heavy atom. The number of pyridine rings is 3. The van der Waals surface area contributed by atoms with Crippen molar-refractivity contribution in [2.24, 2.45) is 0 Å². The second-order valence-corrected chi connectivity index (χ2v) is 9.99. The van der Waals surface area contributed by atoms with Crippen LogP contribution >= 0.6 is 0 Å². The summed E-state index contributed by atoms with van der Waals surface area (Å²) < 4.78 is 15.3. The summed E-state index contributed by atoms with van der Waals surface area (Å²) in [6.07, 6.45) is 12.7. The smallest absolute Gasteiger partial charge is 0.154 e. The first-order valence-corrected chi connectivity index (χ1v) is 13.2. The molecule has 8 nitrogen and oxygen atoms in total. The molecule has 0 spiro atoms. The zero-order valence-electron chi connectivity index (χ0n) is 21.3. The average molecular weight is 519 g/mol. The second-order valence-electron chi connectivity index (χ2n) is 9.99. The number of benzene rings is 1. The molecule has 9 heteroatoms. The van der Waals surface area contributed by atoms with E-state index in [-0.39, 0.29) is 5.82 Å². The number of nitrogens with zero attached hydrogens (tertiary/aromatic N) is 5. The van der Waals surface area contributed by atoms with E-state index in [1.54, 1.807) is 18.6 Å². The van der Waals surface area contributed by atoms with Gasteiger partial charge in [-0.3, -0.25) is 20.0 Å². The molecule has 6 heterocycles. The lowest BCUT2D eigenvalue weighted by Gasteiger charge is -2.26. The van der Waals surface area contributed by atoms with Gasteiger partial charge in [-0.1, -0.05) is 12.5 Å². The molecule has 7 rings (SSSR count). The van der Waals surface area contributed by atoms with Gasteiger partial charge in [0.2, 0.25) is 0 Å². The molecule has 0 unspecified atom stereocenters. The number of aromatic nitrogens is 5. The highest BCUT2D eigenvalue weighted by Gasteiger charge is 2.22. The molecule has 0 aliphatic carbocycles. The Balaban J connectivity index is 1.21. The molecule has 1 aromatic carbocycles. The Morgan fingerprint density at radius 2 is 1.85 bits per heavy atom. The van der Waals surface area contributed by atoms with Crippen LogP contribution in [0.15, 0.2) is 73.5 Å².